The van der Waals surface area contributed by atoms with E-state index in [0.29, 0.717) is 0 Å². The molecule has 1 aromatic rings. The minimum atomic E-state index is -4.75. The number of ether oxygens (including phenoxy) is 1. The van der Waals surface area contributed by atoms with Gasteiger partial charge in [0.05, 0.1) is 5.69 Å². The summed E-state index contributed by atoms with van der Waals surface area (Å²) in [4.78, 5) is 15.4. The summed E-state index contributed by atoms with van der Waals surface area (Å²) in [7, 11) is 0. The van der Waals surface area contributed by atoms with Crippen LogP contribution in [-0.4, -0.2) is 23.9 Å². The molecule has 0 spiro atoms. The number of aliphatic imine (C=N–C) groups is 1. The zero-order valence-electron chi connectivity index (χ0n) is 12.3. The van der Waals surface area contributed by atoms with Crippen LogP contribution in [0.1, 0.15) is 20.8 Å². The first-order valence-corrected chi connectivity index (χ1v) is 6.24. The number of nitrogens with two attached hydrogens (primary N) is 1. The third kappa shape index (κ3) is 7.36. The summed E-state index contributed by atoms with van der Waals surface area (Å²) in [5.41, 5.74) is 5.36. The molecule has 22 heavy (non-hydrogen) atoms. The van der Waals surface area contributed by atoms with E-state index in [-0.39, 0.29) is 17.4 Å². The molecule has 0 unspecified atom stereocenters. The van der Waals surface area contributed by atoms with Crippen LogP contribution < -0.4 is 21.1 Å². The highest BCUT2D eigenvalue weighted by atomic mass is 19.4. The lowest BCUT2D eigenvalue weighted by atomic mass is 10.1. The third-order valence-electron chi connectivity index (χ3n) is 2.05. The molecule has 0 fully saturated rings. The number of hydrogen-bond donors (Lipinski definition) is 3. The number of urea groups is 1. The Morgan fingerprint density at radius 3 is 2.18 bits per heavy atom. The van der Waals surface area contributed by atoms with Crippen molar-refractivity contribution in [2.45, 2.75) is 32.7 Å². The van der Waals surface area contributed by atoms with Crippen LogP contribution in [0.4, 0.5) is 23.7 Å². The highest BCUT2D eigenvalue weighted by Crippen LogP contribution is 2.24. The number of hydrogen-bond acceptors (Lipinski definition) is 3. The first-order valence-electron chi connectivity index (χ1n) is 6.24. The minimum absolute atomic E-state index is 0.189. The lowest BCUT2D eigenvalue weighted by Crippen LogP contribution is -2.50. The topological polar surface area (TPSA) is 88.7 Å². The van der Waals surface area contributed by atoms with Gasteiger partial charge < -0.3 is 15.8 Å². The Labute approximate surface area is 125 Å². The smallest absolute Gasteiger partial charge is 0.406 e. The van der Waals surface area contributed by atoms with E-state index in [0.717, 1.165) is 12.1 Å². The van der Waals surface area contributed by atoms with Crippen molar-refractivity contribution < 1.29 is 22.7 Å². The first-order chi connectivity index (χ1) is 9.94. The molecule has 6 nitrogen and oxygen atoms in total. The summed E-state index contributed by atoms with van der Waals surface area (Å²) in [5, 5.41) is 4.92. The third-order valence-corrected chi connectivity index (χ3v) is 2.05. The van der Waals surface area contributed by atoms with Crippen LogP contribution in [0.5, 0.6) is 5.75 Å². The van der Waals surface area contributed by atoms with Crippen molar-refractivity contribution in [2.75, 3.05) is 0 Å². The first kappa shape index (κ1) is 17.6. The Kier molecular flexibility index (Phi) is 5.23. The van der Waals surface area contributed by atoms with Crippen molar-refractivity contribution in [2.24, 2.45) is 10.7 Å². The van der Waals surface area contributed by atoms with Crippen LogP contribution in [0.2, 0.25) is 0 Å². The summed E-state index contributed by atoms with van der Waals surface area (Å²) in [5.74, 6) is -0.560. The summed E-state index contributed by atoms with van der Waals surface area (Å²) < 4.78 is 39.7. The van der Waals surface area contributed by atoms with Gasteiger partial charge in [-0.3, -0.25) is 5.32 Å². The number of nitrogens with one attached hydrogen (secondary N) is 2. The standard InChI is InChI=1S/C13H17F3N4O2/c1-12(2,3)20-11(21)19-10(17)18-8-4-6-9(7-5-8)22-13(14,15)16/h4-7H,1-3H3,(H4,17,18,19,20,21). The van der Waals surface area contributed by atoms with Gasteiger partial charge in [-0.05, 0) is 45.0 Å². The molecular weight excluding hydrogens is 301 g/mol. The van der Waals surface area contributed by atoms with Gasteiger partial charge in [-0.25, -0.2) is 9.79 Å². The van der Waals surface area contributed by atoms with Crippen LogP contribution >= 0.6 is 0 Å². The highest BCUT2D eigenvalue weighted by Gasteiger charge is 2.30. The number of amides is 2. The van der Waals surface area contributed by atoms with Gasteiger partial charge in [0.1, 0.15) is 5.75 Å². The number of rotatable bonds is 2. The fourth-order valence-electron chi connectivity index (χ4n) is 1.38. The molecule has 0 aliphatic rings. The molecule has 0 aliphatic carbocycles. The van der Waals surface area contributed by atoms with E-state index < -0.39 is 17.9 Å². The average Bonchev–Trinajstić information content (AvgIpc) is 2.26. The molecule has 0 atom stereocenters. The molecule has 0 saturated heterocycles. The van der Waals surface area contributed by atoms with Crippen molar-refractivity contribution in [3.05, 3.63) is 24.3 Å². The van der Waals surface area contributed by atoms with Gasteiger partial charge in [0.25, 0.3) is 0 Å². The zero-order valence-corrected chi connectivity index (χ0v) is 12.3. The summed E-state index contributed by atoms with van der Waals surface area (Å²) in [6, 6.07) is 4.20. The highest BCUT2D eigenvalue weighted by molar-refractivity contribution is 5.96. The molecule has 0 aromatic heterocycles. The Morgan fingerprint density at radius 2 is 1.73 bits per heavy atom. The van der Waals surface area contributed by atoms with Gasteiger partial charge in [0, 0.05) is 5.54 Å². The number of guanidine groups is 1. The quantitative estimate of drug-likeness (QED) is 0.578. The number of halogens is 3. The SMILES string of the molecule is CC(C)(C)NC(=O)NC(N)=Nc1ccc(OC(F)(F)F)cc1. The fourth-order valence-corrected chi connectivity index (χ4v) is 1.38. The van der Waals surface area contributed by atoms with Crippen molar-refractivity contribution in [1.29, 1.82) is 0 Å². The van der Waals surface area contributed by atoms with Crippen LogP contribution in [-0.2, 0) is 0 Å². The number of carbonyl (C=O) groups excluding carboxylic acids is 1. The lowest BCUT2D eigenvalue weighted by Gasteiger charge is -2.20. The van der Waals surface area contributed by atoms with Crippen molar-refractivity contribution >= 4 is 17.7 Å². The Morgan fingerprint density at radius 1 is 1.18 bits per heavy atom. The second-order valence-corrected chi connectivity index (χ2v) is 5.37. The molecule has 122 valence electrons. The van der Waals surface area contributed by atoms with Gasteiger partial charge >= 0.3 is 12.4 Å². The van der Waals surface area contributed by atoms with Gasteiger partial charge in [0.15, 0.2) is 0 Å². The predicted octanol–water partition coefficient (Wildman–Crippen LogP) is 2.63. The number of carbonyl (C=O) groups is 1. The van der Waals surface area contributed by atoms with Crippen LogP contribution in [0, 0.1) is 0 Å². The molecule has 1 aromatic carbocycles. The summed E-state index contributed by atoms with van der Waals surface area (Å²) >= 11 is 0. The number of alkyl halides is 3. The molecule has 0 saturated carbocycles. The second-order valence-electron chi connectivity index (χ2n) is 5.37. The normalized spacial score (nSPS) is 12.7. The monoisotopic (exact) mass is 318 g/mol. The number of benzene rings is 1. The molecule has 0 radical (unpaired) electrons. The van der Waals surface area contributed by atoms with E-state index >= 15 is 0 Å². The lowest BCUT2D eigenvalue weighted by molar-refractivity contribution is -0.274. The molecule has 0 aliphatic heterocycles. The Bertz CT molecular complexity index is 548. The molecule has 4 N–H and O–H groups in total. The molecule has 0 heterocycles. The summed E-state index contributed by atoms with van der Waals surface area (Å²) in [6.45, 7) is 5.37. The molecule has 9 heteroatoms. The van der Waals surface area contributed by atoms with E-state index in [1.807, 2.05) is 0 Å². The maximum atomic E-state index is 12.0. The molecule has 1 rings (SSSR count). The fraction of sp³-hybridized carbons (Fsp3) is 0.385. The molecular formula is C13H17F3N4O2. The van der Waals surface area contributed by atoms with E-state index in [1.54, 1.807) is 20.8 Å². The van der Waals surface area contributed by atoms with E-state index in [9.17, 15) is 18.0 Å². The molecule has 0 bridgehead atoms. The number of nitrogens with zero attached hydrogens (tertiary/aromatic N) is 1. The van der Waals surface area contributed by atoms with Gasteiger partial charge in [-0.15, -0.1) is 13.2 Å². The van der Waals surface area contributed by atoms with Gasteiger partial charge in [-0.2, -0.15) is 0 Å². The van der Waals surface area contributed by atoms with E-state index in [1.165, 1.54) is 12.1 Å². The maximum absolute atomic E-state index is 12.0. The van der Waals surface area contributed by atoms with Crippen molar-refractivity contribution in [1.82, 2.24) is 10.6 Å². The minimum Gasteiger partial charge on any atom is -0.406 e. The van der Waals surface area contributed by atoms with Crippen LogP contribution in [0.15, 0.2) is 29.3 Å². The zero-order chi connectivity index (χ0) is 17.0. The average molecular weight is 318 g/mol. The second kappa shape index (κ2) is 6.54. The predicted molar refractivity (Wildman–Crippen MR) is 75.8 cm³/mol. The Balaban J connectivity index is 2.67. The van der Waals surface area contributed by atoms with Crippen molar-refractivity contribution in [3.8, 4) is 5.75 Å². The van der Waals surface area contributed by atoms with Crippen LogP contribution in [0.25, 0.3) is 0 Å². The largest absolute Gasteiger partial charge is 0.573 e. The maximum Gasteiger partial charge on any atom is 0.573 e. The van der Waals surface area contributed by atoms with E-state index in [2.05, 4.69) is 20.4 Å². The summed E-state index contributed by atoms with van der Waals surface area (Å²) in [6.07, 6.45) is -4.75. The van der Waals surface area contributed by atoms with E-state index in [4.69, 9.17) is 5.73 Å². The molecule has 2 amide bonds. The van der Waals surface area contributed by atoms with Crippen molar-refractivity contribution in [3.63, 3.8) is 0 Å². The van der Waals surface area contributed by atoms with Gasteiger partial charge in [-0.1, -0.05) is 0 Å². The Hall–Kier alpha value is -2.45. The van der Waals surface area contributed by atoms with Crippen LogP contribution in [0.3, 0.4) is 0 Å². The van der Waals surface area contributed by atoms with Gasteiger partial charge in [0.2, 0.25) is 5.96 Å².